The van der Waals surface area contributed by atoms with E-state index in [1.807, 2.05) is 0 Å². The monoisotopic (exact) mass is 250 g/mol. The van der Waals surface area contributed by atoms with Crippen LogP contribution in [0.2, 0.25) is 0 Å². The summed E-state index contributed by atoms with van der Waals surface area (Å²) in [7, 11) is 0. The zero-order valence-corrected chi connectivity index (χ0v) is 10.4. The van der Waals surface area contributed by atoms with Gasteiger partial charge in [-0.15, -0.1) is 0 Å². The molecule has 5 aliphatic rings. The maximum atomic E-state index is 9.60. The quantitative estimate of drug-likeness (QED) is 0.565. The largest absolute Gasteiger partial charge is 0.478 e. The van der Waals surface area contributed by atoms with Gasteiger partial charge in [0, 0.05) is 5.57 Å². The molecule has 3 saturated carbocycles. The van der Waals surface area contributed by atoms with E-state index in [-0.39, 0.29) is 5.57 Å². The van der Waals surface area contributed by atoms with E-state index in [4.69, 9.17) is 14.6 Å². The lowest BCUT2D eigenvalue weighted by Gasteiger charge is -2.22. The van der Waals surface area contributed by atoms with Crippen LogP contribution in [0.25, 0.3) is 0 Å². The molecule has 0 amide bonds. The minimum absolute atomic E-state index is 0.176. The van der Waals surface area contributed by atoms with Gasteiger partial charge in [0.2, 0.25) is 0 Å². The van der Waals surface area contributed by atoms with Crippen LogP contribution in [-0.4, -0.2) is 35.5 Å². The van der Waals surface area contributed by atoms with Gasteiger partial charge in [-0.3, -0.25) is 0 Å². The summed E-state index contributed by atoms with van der Waals surface area (Å²) in [5, 5.41) is 7.89. The first-order valence-corrected chi connectivity index (χ1v) is 6.77. The van der Waals surface area contributed by atoms with Gasteiger partial charge in [0.1, 0.15) is 0 Å². The van der Waals surface area contributed by atoms with Gasteiger partial charge >= 0.3 is 5.97 Å². The van der Waals surface area contributed by atoms with Crippen molar-refractivity contribution in [2.75, 3.05) is 0 Å². The Labute approximate surface area is 106 Å². The van der Waals surface area contributed by atoms with E-state index in [9.17, 15) is 4.79 Å². The first-order chi connectivity index (χ1) is 8.58. The highest BCUT2D eigenvalue weighted by Gasteiger charge is 2.74. The maximum Gasteiger partial charge on any atom is 0.330 e. The molecule has 18 heavy (non-hydrogen) atoms. The second-order valence-corrected chi connectivity index (χ2v) is 6.33. The predicted molar refractivity (Wildman–Crippen MR) is 63.0 cm³/mol. The van der Waals surface area contributed by atoms with Crippen molar-refractivity contribution in [2.24, 2.45) is 23.7 Å². The number of carbonyl (C=O) groups is 1. The maximum absolute atomic E-state index is 9.60. The minimum Gasteiger partial charge on any atom is -0.478 e. The number of rotatable bonds is 1. The number of fused-ring (bicyclic) bond motifs is 10. The van der Waals surface area contributed by atoms with Crippen LogP contribution in [0.1, 0.15) is 19.8 Å². The molecule has 2 saturated heterocycles. The van der Waals surface area contributed by atoms with E-state index >= 15 is 0 Å². The van der Waals surface area contributed by atoms with E-state index in [0.29, 0.717) is 24.4 Å². The fourth-order valence-electron chi connectivity index (χ4n) is 4.58. The highest BCUT2D eigenvalue weighted by molar-refractivity contribution is 5.84. The van der Waals surface area contributed by atoms with Crippen molar-refractivity contribution in [2.45, 2.75) is 44.2 Å². The van der Waals surface area contributed by atoms with Crippen LogP contribution < -0.4 is 0 Å². The first kappa shape index (κ1) is 11.0. The van der Waals surface area contributed by atoms with Gasteiger partial charge in [0.25, 0.3) is 0 Å². The number of hydrogen-bond donors (Lipinski definition) is 1. The molecule has 0 radical (unpaired) electrons. The summed E-state index contributed by atoms with van der Waals surface area (Å²) >= 11 is 0. The summed E-state index contributed by atoms with van der Waals surface area (Å²) < 4.78 is 11.3. The smallest absolute Gasteiger partial charge is 0.330 e. The topological polar surface area (TPSA) is 62.4 Å². The van der Waals surface area contributed by atoms with E-state index in [1.54, 1.807) is 0 Å². The van der Waals surface area contributed by atoms with E-state index < -0.39 is 5.97 Å². The summed E-state index contributed by atoms with van der Waals surface area (Å²) in [6.45, 7) is 4.60. The van der Waals surface area contributed by atoms with Crippen molar-refractivity contribution in [3.63, 3.8) is 0 Å². The van der Waals surface area contributed by atoms with Crippen LogP contribution in [0.15, 0.2) is 12.2 Å². The van der Waals surface area contributed by atoms with E-state index in [2.05, 4.69) is 6.58 Å². The number of epoxide rings is 2. The molecule has 0 spiro atoms. The highest BCUT2D eigenvalue weighted by atomic mass is 16.6. The molecule has 8 unspecified atom stereocenters. The van der Waals surface area contributed by atoms with Crippen molar-refractivity contribution < 1.29 is 19.4 Å². The molecular weight excluding hydrogens is 232 g/mol. The molecule has 4 nitrogen and oxygen atoms in total. The molecule has 4 heteroatoms. The molecule has 2 heterocycles. The Morgan fingerprint density at radius 2 is 1.78 bits per heavy atom. The van der Waals surface area contributed by atoms with E-state index in [1.165, 1.54) is 19.8 Å². The lowest BCUT2D eigenvalue weighted by Crippen LogP contribution is -2.27. The Balaban J connectivity index is 0.000000129. The molecule has 1 N–H and O–H groups in total. The number of ether oxygens (including phenoxy) is 2. The van der Waals surface area contributed by atoms with Gasteiger partial charge in [0.15, 0.2) is 0 Å². The third-order valence-electron chi connectivity index (χ3n) is 5.36. The molecule has 0 aromatic rings. The molecule has 98 valence electrons. The van der Waals surface area contributed by atoms with Crippen molar-refractivity contribution in [1.29, 1.82) is 0 Å². The number of carboxylic acid groups (broad SMARTS) is 1. The fraction of sp³-hybridized carbons (Fsp3) is 0.786. The summed E-state index contributed by atoms with van der Waals surface area (Å²) in [5.41, 5.74) is 0.176. The Hall–Kier alpha value is -0.870. The lowest BCUT2D eigenvalue weighted by molar-refractivity contribution is -0.132. The van der Waals surface area contributed by atoms with Gasteiger partial charge in [-0.05, 0) is 43.4 Å². The van der Waals surface area contributed by atoms with Crippen LogP contribution in [0.3, 0.4) is 0 Å². The number of hydrogen-bond acceptors (Lipinski definition) is 3. The third kappa shape index (κ3) is 1.36. The normalized spacial score (nSPS) is 55.8. The molecular formula is C14H18O4. The van der Waals surface area contributed by atoms with Crippen molar-refractivity contribution in [3.8, 4) is 0 Å². The minimum atomic E-state index is -0.935. The Kier molecular flexibility index (Phi) is 2.06. The summed E-state index contributed by atoms with van der Waals surface area (Å²) in [5.74, 6) is 2.84. The van der Waals surface area contributed by atoms with Crippen LogP contribution in [0.5, 0.6) is 0 Å². The molecule has 0 aromatic heterocycles. The third-order valence-corrected chi connectivity index (χ3v) is 5.36. The summed E-state index contributed by atoms with van der Waals surface area (Å²) in [6, 6.07) is 0. The van der Waals surface area contributed by atoms with Crippen LogP contribution in [0.4, 0.5) is 0 Å². The van der Waals surface area contributed by atoms with Crippen molar-refractivity contribution in [3.05, 3.63) is 12.2 Å². The summed E-state index contributed by atoms with van der Waals surface area (Å²) in [6.07, 6.45) is 5.58. The van der Waals surface area contributed by atoms with Gasteiger partial charge in [0.05, 0.1) is 24.4 Å². The zero-order chi connectivity index (χ0) is 12.6. The van der Waals surface area contributed by atoms with Crippen LogP contribution in [-0.2, 0) is 14.3 Å². The van der Waals surface area contributed by atoms with Gasteiger partial charge < -0.3 is 14.6 Å². The van der Waals surface area contributed by atoms with E-state index in [0.717, 1.165) is 23.7 Å². The Morgan fingerprint density at radius 3 is 2.44 bits per heavy atom. The second-order valence-electron chi connectivity index (χ2n) is 6.33. The van der Waals surface area contributed by atoms with Crippen molar-refractivity contribution in [1.82, 2.24) is 0 Å². The predicted octanol–water partition coefficient (Wildman–Crippen LogP) is 1.45. The molecule has 8 atom stereocenters. The first-order valence-electron chi connectivity index (χ1n) is 6.77. The SMILES string of the molecule is C1C2OC2C2C1C1CC2C2OC12.C=C(C)C(=O)O. The zero-order valence-electron chi connectivity index (χ0n) is 10.4. The standard InChI is InChI=1S/C10H12O2.C4H6O2/c1-4-3-2-6-10(11-6)7(3)5(1)9-8(4)12-9;1-3(2)4(5)6/h3-10H,1-2H2;1H2,2H3,(H,5,6). The molecule has 5 rings (SSSR count). The Bertz CT molecular complexity index is 416. The van der Waals surface area contributed by atoms with Crippen molar-refractivity contribution >= 4 is 5.97 Å². The average Bonchev–Trinajstić information content (AvgIpc) is 3.17. The van der Waals surface area contributed by atoms with Crippen LogP contribution in [0, 0.1) is 23.7 Å². The number of carboxylic acids is 1. The molecule has 2 aliphatic heterocycles. The lowest BCUT2D eigenvalue weighted by atomic mass is 9.81. The molecule has 3 aliphatic carbocycles. The molecule has 2 bridgehead atoms. The molecule has 5 fully saturated rings. The molecule has 0 aromatic carbocycles. The number of aliphatic carboxylic acids is 1. The highest BCUT2D eigenvalue weighted by Crippen LogP contribution is 2.69. The fourth-order valence-corrected chi connectivity index (χ4v) is 4.58. The van der Waals surface area contributed by atoms with Crippen LogP contribution >= 0.6 is 0 Å². The Morgan fingerprint density at radius 1 is 1.11 bits per heavy atom. The van der Waals surface area contributed by atoms with Gasteiger partial charge in [-0.25, -0.2) is 4.79 Å². The van der Waals surface area contributed by atoms with Gasteiger partial charge in [-0.2, -0.15) is 0 Å². The second kappa shape index (κ2) is 3.36. The summed E-state index contributed by atoms with van der Waals surface area (Å²) in [4.78, 5) is 9.60. The average molecular weight is 250 g/mol. The van der Waals surface area contributed by atoms with Gasteiger partial charge in [-0.1, -0.05) is 6.58 Å².